The quantitative estimate of drug-likeness (QED) is 0.662. The minimum Gasteiger partial charge on any atom is -0.364 e. The molecule has 0 rings (SSSR count). The van der Waals surface area contributed by atoms with Crippen molar-refractivity contribution in [3.63, 3.8) is 0 Å². The Bertz CT molecular complexity index is 180. The molecule has 78 valence electrons. The summed E-state index contributed by atoms with van der Waals surface area (Å²) < 4.78 is 71.4. The Morgan fingerprint density at radius 2 is 1.54 bits per heavy atom. The van der Waals surface area contributed by atoms with E-state index in [2.05, 4.69) is 4.74 Å². The highest BCUT2D eigenvalue weighted by molar-refractivity contribution is 5.85. The highest BCUT2D eigenvalue weighted by Gasteiger charge is 2.39. The number of carbonyl (C=O) groups is 1. The van der Waals surface area contributed by atoms with Gasteiger partial charge in [-0.1, -0.05) is 0 Å². The van der Waals surface area contributed by atoms with Crippen LogP contribution in [-0.2, 0) is 9.53 Å². The SMILES string of the molecule is O=C(COCC(F)(F)F)C(F)(F)F. The van der Waals surface area contributed by atoms with Crippen LogP contribution in [0.25, 0.3) is 0 Å². The molecule has 0 saturated heterocycles. The molecule has 0 aromatic carbocycles. The van der Waals surface area contributed by atoms with Gasteiger partial charge in [-0.15, -0.1) is 0 Å². The first-order chi connectivity index (χ1) is 5.63. The summed E-state index contributed by atoms with van der Waals surface area (Å²) in [7, 11) is 0. The molecule has 13 heavy (non-hydrogen) atoms. The van der Waals surface area contributed by atoms with Crippen LogP contribution in [0.3, 0.4) is 0 Å². The molecule has 0 aromatic rings. The zero-order valence-electron chi connectivity index (χ0n) is 6.00. The van der Waals surface area contributed by atoms with Gasteiger partial charge in [-0.3, -0.25) is 4.79 Å². The van der Waals surface area contributed by atoms with Gasteiger partial charge in [0.2, 0.25) is 0 Å². The van der Waals surface area contributed by atoms with Crippen molar-refractivity contribution in [3.05, 3.63) is 0 Å². The van der Waals surface area contributed by atoms with Crippen LogP contribution in [0.1, 0.15) is 0 Å². The molecule has 0 atom stereocenters. The van der Waals surface area contributed by atoms with E-state index in [1.807, 2.05) is 0 Å². The van der Waals surface area contributed by atoms with Gasteiger partial charge >= 0.3 is 12.4 Å². The maximum atomic E-state index is 11.4. The van der Waals surface area contributed by atoms with E-state index < -0.39 is 31.3 Å². The Balaban J connectivity index is 3.74. The number of ether oxygens (including phenoxy) is 1. The predicted molar refractivity (Wildman–Crippen MR) is 27.9 cm³/mol. The minimum atomic E-state index is -5.15. The van der Waals surface area contributed by atoms with Crippen molar-refractivity contribution < 1.29 is 35.9 Å². The fourth-order valence-electron chi connectivity index (χ4n) is 0.341. The Morgan fingerprint density at radius 1 is 1.08 bits per heavy atom. The second-order valence-corrected chi connectivity index (χ2v) is 2.03. The number of rotatable bonds is 3. The fraction of sp³-hybridized carbons (Fsp3) is 0.800. The van der Waals surface area contributed by atoms with Gasteiger partial charge in [-0.05, 0) is 0 Å². The zero-order chi connectivity index (χ0) is 10.7. The molecule has 0 aliphatic heterocycles. The van der Waals surface area contributed by atoms with Gasteiger partial charge in [-0.2, -0.15) is 26.3 Å². The van der Waals surface area contributed by atoms with Crippen LogP contribution < -0.4 is 0 Å². The first-order valence-corrected chi connectivity index (χ1v) is 2.87. The van der Waals surface area contributed by atoms with Crippen molar-refractivity contribution >= 4 is 5.78 Å². The molecule has 0 unspecified atom stereocenters. The highest BCUT2D eigenvalue weighted by Crippen LogP contribution is 2.18. The Hall–Kier alpha value is -0.790. The molecule has 0 bridgehead atoms. The number of hydrogen-bond donors (Lipinski definition) is 0. The molecule has 0 aliphatic rings. The molecule has 2 nitrogen and oxygen atoms in total. The third kappa shape index (κ3) is 6.38. The first-order valence-electron chi connectivity index (χ1n) is 2.87. The molecule has 0 heterocycles. The average Bonchev–Trinajstić information content (AvgIpc) is 1.82. The average molecular weight is 210 g/mol. The summed E-state index contributed by atoms with van der Waals surface area (Å²) in [6, 6.07) is 0. The topological polar surface area (TPSA) is 26.3 Å². The molecule has 0 aliphatic carbocycles. The largest absolute Gasteiger partial charge is 0.452 e. The van der Waals surface area contributed by atoms with Crippen LogP contribution in [0, 0.1) is 0 Å². The first kappa shape index (κ1) is 12.2. The third-order valence-electron chi connectivity index (χ3n) is 0.815. The molecule has 0 aromatic heterocycles. The van der Waals surface area contributed by atoms with E-state index >= 15 is 0 Å². The number of hydrogen-bond acceptors (Lipinski definition) is 2. The summed E-state index contributed by atoms with van der Waals surface area (Å²) in [6.07, 6.45) is -9.88. The standard InChI is InChI=1S/C5H4F6O2/c6-4(7,8)2-13-1-3(12)5(9,10)11/h1-2H2. The van der Waals surface area contributed by atoms with E-state index in [0.717, 1.165) is 0 Å². The van der Waals surface area contributed by atoms with Gasteiger partial charge in [0.05, 0.1) is 0 Å². The van der Waals surface area contributed by atoms with Crippen LogP contribution in [0.2, 0.25) is 0 Å². The van der Waals surface area contributed by atoms with Crippen LogP contribution in [0.4, 0.5) is 26.3 Å². The van der Waals surface area contributed by atoms with Crippen LogP contribution in [0.5, 0.6) is 0 Å². The Labute approximate surface area is 68.5 Å². The summed E-state index contributed by atoms with van der Waals surface area (Å²) in [5, 5.41) is 0. The van der Waals surface area contributed by atoms with Crippen molar-refractivity contribution in [2.45, 2.75) is 12.4 Å². The number of halogens is 6. The molecular weight excluding hydrogens is 206 g/mol. The number of alkyl halides is 6. The lowest BCUT2D eigenvalue weighted by Gasteiger charge is -2.08. The summed E-state index contributed by atoms with van der Waals surface area (Å²) in [5.41, 5.74) is 0. The monoisotopic (exact) mass is 210 g/mol. The lowest BCUT2D eigenvalue weighted by molar-refractivity contribution is -0.191. The normalized spacial score (nSPS) is 13.1. The second-order valence-electron chi connectivity index (χ2n) is 2.03. The molecular formula is C5H4F6O2. The van der Waals surface area contributed by atoms with Gasteiger partial charge in [0.1, 0.15) is 13.2 Å². The van der Waals surface area contributed by atoms with Gasteiger partial charge in [0.25, 0.3) is 5.78 Å². The minimum absolute atomic E-state index is 1.61. The molecule has 0 amide bonds. The summed E-state index contributed by atoms with van der Waals surface area (Å²) >= 11 is 0. The Morgan fingerprint density at radius 3 is 1.85 bits per heavy atom. The zero-order valence-corrected chi connectivity index (χ0v) is 6.00. The molecule has 0 radical (unpaired) electrons. The maximum Gasteiger partial charge on any atom is 0.452 e. The van der Waals surface area contributed by atoms with E-state index in [4.69, 9.17) is 0 Å². The van der Waals surface area contributed by atoms with Gasteiger partial charge < -0.3 is 4.74 Å². The van der Waals surface area contributed by atoms with E-state index in [0.29, 0.717) is 0 Å². The summed E-state index contributed by atoms with van der Waals surface area (Å²) in [5.74, 6) is -2.34. The van der Waals surface area contributed by atoms with Crippen molar-refractivity contribution in [2.24, 2.45) is 0 Å². The molecule has 8 heteroatoms. The highest BCUT2D eigenvalue weighted by atomic mass is 19.4. The van der Waals surface area contributed by atoms with Crippen LogP contribution >= 0.6 is 0 Å². The van der Waals surface area contributed by atoms with Gasteiger partial charge in [-0.25, -0.2) is 0 Å². The summed E-state index contributed by atoms with van der Waals surface area (Å²) in [4.78, 5) is 9.93. The molecule has 0 spiro atoms. The molecule has 0 fully saturated rings. The van der Waals surface area contributed by atoms with Gasteiger partial charge in [0.15, 0.2) is 0 Å². The fourth-order valence-corrected chi connectivity index (χ4v) is 0.341. The Kier molecular flexibility index (Phi) is 3.71. The van der Waals surface area contributed by atoms with Crippen LogP contribution in [0.15, 0.2) is 0 Å². The smallest absolute Gasteiger partial charge is 0.364 e. The van der Waals surface area contributed by atoms with Crippen LogP contribution in [-0.4, -0.2) is 31.3 Å². The van der Waals surface area contributed by atoms with E-state index in [9.17, 15) is 31.1 Å². The van der Waals surface area contributed by atoms with Crippen molar-refractivity contribution in [3.8, 4) is 0 Å². The number of Topliss-reactive ketones (excluding diaryl/α,β-unsaturated/α-hetero) is 1. The molecule has 0 N–H and O–H groups in total. The summed E-state index contributed by atoms with van der Waals surface area (Å²) in [6.45, 7) is -3.47. The van der Waals surface area contributed by atoms with Crippen molar-refractivity contribution in [1.29, 1.82) is 0 Å². The van der Waals surface area contributed by atoms with E-state index in [-0.39, 0.29) is 0 Å². The second kappa shape index (κ2) is 3.95. The third-order valence-corrected chi connectivity index (χ3v) is 0.815. The van der Waals surface area contributed by atoms with E-state index in [1.165, 1.54) is 0 Å². The maximum absolute atomic E-state index is 11.4. The lowest BCUT2D eigenvalue weighted by atomic mass is 10.4. The number of carbonyl (C=O) groups excluding carboxylic acids is 1. The van der Waals surface area contributed by atoms with Gasteiger partial charge in [0, 0.05) is 0 Å². The molecule has 0 saturated carbocycles. The lowest BCUT2D eigenvalue weighted by Crippen LogP contribution is -2.29. The number of ketones is 1. The van der Waals surface area contributed by atoms with Crippen molar-refractivity contribution in [1.82, 2.24) is 0 Å². The predicted octanol–water partition coefficient (Wildman–Crippen LogP) is 1.70. The van der Waals surface area contributed by atoms with Crippen molar-refractivity contribution in [2.75, 3.05) is 13.2 Å². The van der Waals surface area contributed by atoms with E-state index in [1.54, 1.807) is 0 Å².